The van der Waals surface area contributed by atoms with E-state index in [-0.39, 0.29) is 12.0 Å². The summed E-state index contributed by atoms with van der Waals surface area (Å²) in [5.41, 5.74) is 0.805. The van der Waals surface area contributed by atoms with Gasteiger partial charge in [-0.1, -0.05) is 37.6 Å². The lowest BCUT2D eigenvalue weighted by Gasteiger charge is -2.26. The van der Waals surface area contributed by atoms with Crippen molar-refractivity contribution in [2.75, 3.05) is 6.61 Å². The summed E-state index contributed by atoms with van der Waals surface area (Å²) in [7, 11) is 0. The molecule has 0 fully saturated rings. The van der Waals surface area contributed by atoms with Gasteiger partial charge in [-0.15, -0.1) is 0 Å². The molecule has 1 aromatic carbocycles. The summed E-state index contributed by atoms with van der Waals surface area (Å²) < 4.78 is 5.57. The second kappa shape index (κ2) is 6.24. The summed E-state index contributed by atoms with van der Waals surface area (Å²) in [6, 6.07) is 7.28. The van der Waals surface area contributed by atoms with Crippen LogP contribution in [0.2, 0.25) is 5.02 Å². The Morgan fingerprint density at radius 2 is 2.06 bits per heavy atom. The molecule has 1 rings (SSSR count). The molecule has 3 heteroatoms. The van der Waals surface area contributed by atoms with Crippen LogP contribution < -0.4 is 0 Å². The van der Waals surface area contributed by atoms with E-state index in [1.54, 1.807) is 12.1 Å². The Balaban J connectivity index is 2.85. The smallest absolute Gasteiger partial charge is 0.105 e. The van der Waals surface area contributed by atoms with Gasteiger partial charge in [0.05, 0.1) is 6.10 Å². The molecule has 0 bridgehead atoms. The fourth-order valence-electron chi connectivity index (χ4n) is 1.72. The van der Waals surface area contributed by atoms with E-state index in [9.17, 15) is 5.11 Å². The maximum absolute atomic E-state index is 10.2. The Hall–Kier alpha value is -0.570. The lowest BCUT2D eigenvalue weighted by molar-refractivity contribution is -0.0585. The van der Waals surface area contributed by atoms with Crippen LogP contribution in [0, 0.1) is 5.92 Å². The molecule has 1 N–H and O–H groups in total. The summed E-state index contributed by atoms with van der Waals surface area (Å²) in [4.78, 5) is 0. The first-order chi connectivity index (χ1) is 7.56. The van der Waals surface area contributed by atoms with E-state index < -0.39 is 6.10 Å². The Labute approximate surface area is 102 Å². The maximum atomic E-state index is 10.2. The number of hydrogen-bond acceptors (Lipinski definition) is 2. The van der Waals surface area contributed by atoms with Crippen LogP contribution >= 0.6 is 11.6 Å². The average Bonchev–Trinajstić information content (AvgIpc) is 2.24. The van der Waals surface area contributed by atoms with Gasteiger partial charge in [0.25, 0.3) is 0 Å². The second-order valence-electron chi connectivity index (χ2n) is 4.16. The Bertz CT molecular complexity index is 325. The lowest BCUT2D eigenvalue weighted by Crippen LogP contribution is -2.27. The summed E-state index contributed by atoms with van der Waals surface area (Å²) >= 11 is 5.90. The van der Waals surface area contributed by atoms with Gasteiger partial charge in [0.2, 0.25) is 0 Å². The van der Waals surface area contributed by atoms with Crippen LogP contribution in [-0.2, 0) is 4.74 Å². The van der Waals surface area contributed by atoms with Crippen LogP contribution in [0.25, 0.3) is 0 Å². The standard InChI is InChI=1S/C13H19ClO2/c1-4-16-13(9(2)3)12(15)10-6-5-7-11(14)8-10/h5-9,12-13,15H,4H2,1-3H3. The van der Waals surface area contributed by atoms with Crippen LogP contribution in [0.1, 0.15) is 32.4 Å². The third kappa shape index (κ3) is 3.48. The number of ether oxygens (including phenoxy) is 1. The van der Waals surface area contributed by atoms with Crippen molar-refractivity contribution in [3.05, 3.63) is 34.9 Å². The van der Waals surface area contributed by atoms with Crippen LogP contribution in [0.4, 0.5) is 0 Å². The molecule has 2 atom stereocenters. The van der Waals surface area contributed by atoms with Crippen molar-refractivity contribution in [1.29, 1.82) is 0 Å². The van der Waals surface area contributed by atoms with Gasteiger partial charge in [0.15, 0.2) is 0 Å². The Morgan fingerprint density at radius 3 is 2.56 bits per heavy atom. The van der Waals surface area contributed by atoms with E-state index >= 15 is 0 Å². The normalized spacial score (nSPS) is 15.1. The number of benzene rings is 1. The van der Waals surface area contributed by atoms with Crippen molar-refractivity contribution < 1.29 is 9.84 Å². The molecular formula is C13H19ClO2. The van der Waals surface area contributed by atoms with Crippen LogP contribution in [0.5, 0.6) is 0 Å². The van der Waals surface area contributed by atoms with E-state index in [2.05, 4.69) is 0 Å². The monoisotopic (exact) mass is 242 g/mol. The molecule has 90 valence electrons. The number of rotatable bonds is 5. The van der Waals surface area contributed by atoms with Gasteiger partial charge in [-0.05, 0) is 30.5 Å². The predicted molar refractivity (Wildman–Crippen MR) is 66.7 cm³/mol. The van der Waals surface area contributed by atoms with Crippen molar-refractivity contribution in [3.63, 3.8) is 0 Å². The SMILES string of the molecule is CCOC(C(C)C)C(O)c1cccc(Cl)c1. The van der Waals surface area contributed by atoms with Gasteiger partial charge in [0.1, 0.15) is 6.10 Å². The predicted octanol–water partition coefficient (Wildman–Crippen LogP) is 3.43. The van der Waals surface area contributed by atoms with Crippen molar-refractivity contribution in [3.8, 4) is 0 Å². The summed E-state index contributed by atoms with van der Waals surface area (Å²) in [6.45, 7) is 6.60. The highest BCUT2D eigenvalue weighted by Gasteiger charge is 2.24. The largest absolute Gasteiger partial charge is 0.386 e. The highest BCUT2D eigenvalue weighted by atomic mass is 35.5. The average molecular weight is 243 g/mol. The van der Waals surface area contributed by atoms with Gasteiger partial charge >= 0.3 is 0 Å². The molecule has 0 saturated carbocycles. The molecule has 16 heavy (non-hydrogen) atoms. The molecular weight excluding hydrogens is 224 g/mol. The maximum Gasteiger partial charge on any atom is 0.105 e. The minimum Gasteiger partial charge on any atom is -0.386 e. The van der Waals surface area contributed by atoms with Gasteiger partial charge < -0.3 is 9.84 Å². The molecule has 0 radical (unpaired) electrons. The molecule has 0 saturated heterocycles. The Kier molecular flexibility index (Phi) is 5.26. The Morgan fingerprint density at radius 1 is 1.38 bits per heavy atom. The molecule has 2 nitrogen and oxygen atoms in total. The number of aliphatic hydroxyl groups is 1. The van der Waals surface area contributed by atoms with Gasteiger partial charge in [-0.2, -0.15) is 0 Å². The zero-order chi connectivity index (χ0) is 12.1. The third-order valence-corrected chi connectivity index (χ3v) is 2.75. The highest BCUT2D eigenvalue weighted by Crippen LogP contribution is 2.26. The number of hydrogen-bond donors (Lipinski definition) is 1. The fourth-order valence-corrected chi connectivity index (χ4v) is 1.92. The van der Waals surface area contributed by atoms with Crippen molar-refractivity contribution in [2.45, 2.75) is 33.0 Å². The van der Waals surface area contributed by atoms with Gasteiger partial charge in [-0.25, -0.2) is 0 Å². The van der Waals surface area contributed by atoms with Crippen molar-refractivity contribution >= 4 is 11.6 Å². The molecule has 0 spiro atoms. The van der Waals surface area contributed by atoms with E-state index in [0.717, 1.165) is 5.56 Å². The lowest BCUT2D eigenvalue weighted by atomic mass is 9.96. The number of halogens is 1. The van der Waals surface area contributed by atoms with Crippen LogP contribution in [0.15, 0.2) is 24.3 Å². The molecule has 0 aromatic heterocycles. The van der Waals surface area contributed by atoms with Gasteiger partial charge in [0, 0.05) is 11.6 Å². The van der Waals surface area contributed by atoms with E-state index in [4.69, 9.17) is 16.3 Å². The van der Waals surface area contributed by atoms with Crippen LogP contribution in [-0.4, -0.2) is 17.8 Å². The van der Waals surface area contributed by atoms with E-state index in [1.165, 1.54) is 0 Å². The van der Waals surface area contributed by atoms with Crippen molar-refractivity contribution in [2.24, 2.45) is 5.92 Å². The zero-order valence-corrected chi connectivity index (χ0v) is 10.7. The molecule has 0 heterocycles. The number of aliphatic hydroxyl groups excluding tert-OH is 1. The quantitative estimate of drug-likeness (QED) is 0.857. The van der Waals surface area contributed by atoms with Gasteiger partial charge in [-0.3, -0.25) is 0 Å². The van der Waals surface area contributed by atoms with E-state index in [0.29, 0.717) is 11.6 Å². The molecule has 0 amide bonds. The molecule has 0 aliphatic rings. The summed E-state index contributed by atoms with van der Waals surface area (Å²) in [5, 5.41) is 10.9. The van der Waals surface area contributed by atoms with Crippen molar-refractivity contribution in [1.82, 2.24) is 0 Å². The topological polar surface area (TPSA) is 29.5 Å². The first kappa shape index (κ1) is 13.5. The first-order valence-electron chi connectivity index (χ1n) is 5.61. The third-order valence-electron chi connectivity index (χ3n) is 2.52. The first-order valence-corrected chi connectivity index (χ1v) is 5.99. The van der Waals surface area contributed by atoms with E-state index in [1.807, 2.05) is 32.9 Å². The molecule has 0 aliphatic heterocycles. The fraction of sp³-hybridized carbons (Fsp3) is 0.538. The molecule has 0 aliphatic carbocycles. The van der Waals surface area contributed by atoms with Crippen LogP contribution in [0.3, 0.4) is 0 Å². The summed E-state index contributed by atoms with van der Waals surface area (Å²) in [5.74, 6) is 0.258. The minimum absolute atomic E-state index is 0.191. The summed E-state index contributed by atoms with van der Waals surface area (Å²) in [6.07, 6.45) is -0.817. The minimum atomic E-state index is -0.626. The molecule has 1 aromatic rings. The second-order valence-corrected chi connectivity index (χ2v) is 4.60. The molecule has 2 unspecified atom stereocenters. The zero-order valence-electron chi connectivity index (χ0n) is 9.98. The highest BCUT2D eigenvalue weighted by molar-refractivity contribution is 6.30.